The van der Waals surface area contributed by atoms with Gasteiger partial charge in [0, 0.05) is 63.1 Å². The highest BCUT2D eigenvalue weighted by molar-refractivity contribution is 6.06. The number of methoxy groups -OCH3 is 1. The molecule has 9 rings (SSSR count). The second kappa shape index (κ2) is 15.9. The fraction of sp³-hybridized carbons (Fsp3) is 0.489. The van der Waals surface area contributed by atoms with Gasteiger partial charge in [-0.3, -0.25) is 38.5 Å². The highest BCUT2D eigenvalue weighted by Gasteiger charge is 2.40. The molecule has 3 aromatic heterocycles. The van der Waals surface area contributed by atoms with Crippen LogP contribution in [0.5, 0.6) is 5.75 Å². The van der Waals surface area contributed by atoms with Crippen molar-refractivity contribution in [1.29, 1.82) is 5.26 Å². The molecule has 3 amide bonds. The van der Waals surface area contributed by atoms with Crippen LogP contribution >= 0.6 is 0 Å². The van der Waals surface area contributed by atoms with E-state index in [0.717, 1.165) is 104 Å². The molecule has 1 unspecified atom stereocenters. The molecule has 1 atom stereocenters. The van der Waals surface area contributed by atoms with Crippen LogP contribution in [0.25, 0.3) is 21.9 Å². The third kappa shape index (κ3) is 7.31. The second-order valence-electron chi connectivity index (χ2n) is 17.5. The SMILES string of the molecule is COc1cc2nn([C@H]3CC[C@H](CN4CCC5(CC4)CCN(c4c(C)ccc6c4n(C)c(=O)n6C4CCC(=O)NC4=O)CC5)CC3)cc2cc1NC(=O)c1cncc(C#N)c1. The van der Waals surface area contributed by atoms with Gasteiger partial charge >= 0.3 is 5.69 Å². The first kappa shape index (κ1) is 39.5. The average Bonchev–Trinajstić information content (AvgIpc) is 3.79. The van der Waals surface area contributed by atoms with Crippen molar-refractivity contribution in [3.05, 3.63) is 76.1 Å². The van der Waals surface area contributed by atoms with E-state index < -0.39 is 11.9 Å². The molecule has 3 saturated heterocycles. The lowest BCUT2D eigenvalue weighted by atomic mass is 9.71. The summed E-state index contributed by atoms with van der Waals surface area (Å²) >= 11 is 0. The number of hydrogen-bond donors (Lipinski definition) is 2. The zero-order valence-corrected chi connectivity index (χ0v) is 34.6. The molecule has 4 fully saturated rings. The van der Waals surface area contributed by atoms with Gasteiger partial charge in [0.1, 0.15) is 17.9 Å². The number of nitrogens with zero attached hydrogens (tertiary/aromatic N) is 8. The third-order valence-electron chi connectivity index (χ3n) is 13.9. The number of ether oxygens (including phenoxy) is 1. The molecule has 60 heavy (non-hydrogen) atoms. The number of amides is 3. The molecular formula is C45H52N10O5. The lowest BCUT2D eigenvalue weighted by Crippen LogP contribution is -2.48. The minimum atomic E-state index is -0.694. The van der Waals surface area contributed by atoms with Crippen LogP contribution in [0.2, 0.25) is 0 Å². The fourth-order valence-electron chi connectivity index (χ4n) is 10.4. The number of fused-ring (bicyclic) bond motifs is 2. The number of rotatable bonds is 8. The van der Waals surface area contributed by atoms with Crippen molar-refractivity contribution in [2.24, 2.45) is 18.4 Å². The van der Waals surface area contributed by atoms with Gasteiger partial charge in [0.2, 0.25) is 11.8 Å². The van der Waals surface area contributed by atoms with Crippen LogP contribution in [-0.4, -0.2) is 86.4 Å². The lowest BCUT2D eigenvalue weighted by molar-refractivity contribution is -0.135. The number of nitriles is 1. The minimum absolute atomic E-state index is 0.223. The molecule has 312 valence electrons. The van der Waals surface area contributed by atoms with Crippen molar-refractivity contribution in [1.82, 2.24) is 34.1 Å². The van der Waals surface area contributed by atoms with E-state index >= 15 is 0 Å². The number of carbonyl (C=O) groups excluding carboxylic acids is 3. The first-order valence-electron chi connectivity index (χ1n) is 21.3. The predicted octanol–water partition coefficient (Wildman–Crippen LogP) is 5.62. The summed E-state index contributed by atoms with van der Waals surface area (Å²) in [6, 6.07) is 10.9. The van der Waals surface area contributed by atoms with Crippen LogP contribution < -0.4 is 26.0 Å². The fourth-order valence-corrected chi connectivity index (χ4v) is 10.4. The Bertz CT molecular complexity index is 2590. The van der Waals surface area contributed by atoms with Gasteiger partial charge in [0.15, 0.2) is 0 Å². The van der Waals surface area contributed by atoms with Crippen molar-refractivity contribution < 1.29 is 19.1 Å². The number of carbonyl (C=O) groups is 3. The number of hydrogen-bond acceptors (Lipinski definition) is 10. The highest BCUT2D eigenvalue weighted by atomic mass is 16.5. The van der Waals surface area contributed by atoms with Gasteiger partial charge in [-0.25, -0.2) is 4.79 Å². The quantitative estimate of drug-likeness (QED) is 0.188. The van der Waals surface area contributed by atoms with E-state index in [2.05, 4.69) is 49.3 Å². The Kier molecular flexibility index (Phi) is 10.4. The van der Waals surface area contributed by atoms with E-state index in [4.69, 9.17) is 9.84 Å². The van der Waals surface area contributed by atoms with Crippen LogP contribution in [0, 0.1) is 29.6 Å². The molecular weight excluding hydrogens is 761 g/mol. The van der Waals surface area contributed by atoms with Gasteiger partial charge in [-0.2, -0.15) is 10.4 Å². The molecule has 15 nitrogen and oxygen atoms in total. The van der Waals surface area contributed by atoms with Crippen molar-refractivity contribution in [2.45, 2.75) is 83.2 Å². The first-order chi connectivity index (χ1) is 29.0. The number of pyridine rings is 1. The van der Waals surface area contributed by atoms with Crippen molar-refractivity contribution in [2.75, 3.05) is 50.1 Å². The summed E-state index contributed by atoms with van der Waals surface area (Å²) in [5.74, 6) is 0.118. The molecule has 6 heterocycles. The topological polar surface area (TPSA) is 172 Å². The average molecular weight is 813 g/mol. The number of imide groups is 1. The molecule has 0 radical (unpaired) electrons. The van der Waals surface area contributed by atoms with E-state index in [-0.39, 0.29) is 23.9 Å². The summed E-state index contributed by atoms with van der Waals surface area (Å²) in [5, 5.41) is 20.4. The molecule has 4 aliphatic rings. The highest BCUT2D eigenvalue weighted by Crippen LogP contribution is 2.45. The number of anilines is 2. The number of aromatic nitrogens is 5. The number of nitrogens with one attached hydrogen (secondary N) is 2. The number of benzene rings is 2. The van der Waals surface area contributed by atoms with E-state index in [9.17, 15) is 24.4 Å². The summed E-state index contributed by atoms with van der Waals surface area (Å²) in [6.07, 6.45) is 14.6. The summed E-state index contributed by atoms with van der Waals surface area (Å²) in [4.78, 5) is 60.4. The van der Waals surface area contributed by atoms with Crippen LogP contribution in [0.15, 0.2) is 53.7 Å². The third-order valence-corrected chi connectivity index (χ3v) is 13.9. The molecule has 2 N–H and O–H groups in total. The van der Waals surface area contributed by atoms with Crippen LogP contribution in [-0.2, 0) is 16.6 Å². The Balaban J connectivity index is 0.786. The molecule has 5 aromatic rings. The van der Waals surface area contributed by atoms with Crippen LogP contribution in [0.4, 0.5) is 11.4 Å². The summed E-state index contributed by atoms with van der Waals surface area (Å²) < 4.78 is 11.0. The minimum Gasteiger partial charge on any atom is -0.494 e. The Morgan fingerprint density at radius 3 is 2.47 bits per heavy atom. The van der Waals surface area contributed by atoms with Gasteiger partial charge < -0.3 is 19.9 Å². The Morgan fingerprint density at radius 1 is 1.00 bits per heavy atom. The predicted molar refractivity (Wildman–Crippen MR) is 227 cm³/mol. The van der Waals surface area contributed by atoms with Gasteiger partial charge in [0.25, 0.3) is 5.91 Å². The van der Waals surface area contributed by atoms with Crippen LogP contribution in [0.1, 0.15) is 97.8 Å². The molecule has 0 bridgehead atoms. The van der Waals surface area contributed by atoms with E-state index in [1.165, 1.54) is 31.3 Å². The van der Waals surface area contributed by atoms with E-state index in [0.29, 0.717) is 46.4 Å². The zero-order valence-electron chi connectivity index (χ0n) is 34.6. The van der Waals surface area contributed by atoms with Gasteiger partial charge in [-0.05, 0) is 113 Å². The van der Waals surface area contributed by atoms with Gasteiger partial charge in [-0.15, -0.1) is 0 Å². The Hall–Kier alpha value is -6.01. The number of likely N-dealkylation sites (tertiary alicyclic amines) is 1. The standard InChI is InChI=1S/C45H52N10O5/c1-28-4-9-36-41(51(2)44(59)55(36)37-10-11-39(56)49-43(37)58)40(28)53-18-14-45(15-19-53)12-16-52(17-13-45)26-29-5-7-33(8-6-29)54-27-32-21-35(38(60-3)22-34(32)50-54)48-42(57)31-20-30(23-46)24-47-25-31/h4,9,20-22,24-25,27,29,33,37H,5-8,10-19,26H2,1-3H3,(H,48,57)(H,49,56,58)/t29-,33-,37?. The Morgan fingerprint density at radius 2 is 1.75 bits per heavy atom. The van der Waals surface area contributed by atoms with Gasteiger partial charge in [-0.1, -0.05) is 6.07 Å². The summed E-state index contributed by atoms with van der Waals surface area (Å²) in [6.45, 7) is 7.37. The molecule has 2 aromatic carbocycles. The van der Waals surface area contributed by atoms with Gasteiger partial charge in [0.05, 0.1) is 52.2 Å². The first-order valence-corrected chi connectivity index (χ1v) is 21.3. The number of imidazole rings is 1. The van der Waals surface area contributed by atoms with Crippen LogP contribution in [0.3, 0.4) is 0 Å². The molecule has 1 aliphatic carbocycles. The number of aryl methyl sites for hydroxylation is 2. The maximum Gasteiger partial charge on any atom is 0.329 e. The molecule has 1 saturated carbocycles. The number of piperidine rings is 3. The molecule has 1 spiro atoms. The maximum atomic E-state index is 13.6. The van der Waals surface area contributed by atoms with Crippen molar-refractivity contribution in [3.63, 3.8) is 0 Å². The van der Waals surface area contributed by atoms with Crippen molar-refractivity contribution >= 4 is 51.0 Å². The monoisotopic (exact) mass is 812 g/mol. The largest absolute Gasteiger partial charge is 0.494 e. The smallest absolute Gasteiger partial charge is 0.329 e. The molecule has 15 heteroatoms. The Labute approximate surface area is 348 Å². The second-order valence-corrected chi connectivity index (χ2v) is 17.5. The maximum absolute atomic E-state index is 13.6. The van der Waals surface area contributed by atoms with E-state index in [1.807, 2.05) is 24.3 Å². The zero-order chi connectivity index (χ0) is 41.7. The molecule has 3 aliphatic heterocycles. The summed E-state index contributed by atoms with van der Waals surface area (Å²) in [7, 11) is 3.36. The summed E-state index contributed by atoms with van der Waals surface area (Å²) in [5.41, 5.74) is 5.88. The lowest BCUT2D eigenvalue weighted by Gasteiger charge is -2.48. The van der Waals surface area contributed by atoms with Crippen molar-refractivity contribution in [3.8, 4) is 11.8 Å². The van der Waals surface area contributed by atoms with E-state index in [1.54, 1.807) is 23.3 Å². The normalized spacial score (nSPS) is 22.2.